The first-order valence-electron chi connectivity index (χ1n) is 6.79. The third-order valence-electron chi connectivity index (χ3n) is 3.75. The first kappa shape index (κ1) is 13.5. The van der Waals surface area contributed by atoms with Crippen LogP contribution in [-0.4, -0.2) is 9.55 Å². The zero-order valence-electron chi connectivity index (χ0n) is 11.7. The van der Waals surface area contributed by atoms with Gasteiger partial charge in [-0.15, -0.1) is 11.3 Å². The van der Waals surface area contributed by atoms with Gasteiger partial charge in [0.2, 0.25) is 0 Å². The molecule has 4 aromatic rings. The third kappa shape index (κ3) is 2.03. The lowest BCUT2D eigenvalue weighted by atomic mass is 10.2. The van der Waals surface area contributed by atoms with E-state index in [1.54, 1.807) is 29.0 Å². The monoisotopic (exact) mass is 326 g/mol. The number of rotatable bonds is 1. The minimum atomic E-state index is -0.00529. The van der Waals surface area contributed by atoms with Crippen molar-refractivity contribution < 1.29 is 0 Å². The normalized spacial score (nSPS) is 11.4. The molecule has 2 aromatic carbocycles. The van der Waals surface area contributed by atoms with Gasteiger partial charge in [0.05, 0.1) is 15.7 Å². The number of fused-ring (bicyclic) bond motifs is 3. The molecule has 4 rings (SSSR count). The summed E-state index contributed by atoms with van der Waals surface area (Å²) in [7, 11) is 1.79. The van der Waals surface area contributed by atoms with Crippen LogP contribution in [0.2, 0.25) is 5.02 Å². The maximum absolute atomic E-state index is 11.8. The Labute approximate surface area is 135 Å². The third-order valence-corrected chi connectivity index (χ3v) is 5.15. The van der Waals surface area contributed by atoms with Gasteiger partial charge in [-0.3, -0.25) is 4.79 Å². The van der Waals surface area contributed by atoms with Gasteiger partial charge in [0.1, 0.15) is 5.01 Å². The Morgan fingerprint density at radius 2 is 1.82 bits per heavy atom. The van der Waals surface area contributed by atoms with E-state index in [9.17, 15) is 4.79 Å². The molecule has 3 nitrogen and oxygen atoms in total. The SMILES string of the molecule is Cn1c(=O)ccc2c3sc(-c4ccc(Cl)cc4)nc3ccc21. The van der Waals surface area contributed by atoms with E-state index in [4.69, 9.17) is 16.6 Å². The van der Waals surface area contributed by atoms with Crippen molar-refractivity contribution in [1.29, 1.82) is 0 Å². The molecule has 0 saturated heterocycles. The first-order valence-corrected chi connectivity index (χ1v) is 7.98. The molecule has 0 fully saturated rings. The van der Waals surface area contributed by atoms with Crippen molar-refractivity contribution in [3.05, 3.63) is 63.9 Å². The molecule has 2 aromatic heterocycles. The van der Waals surface area contributed by atoms with Gasteiger partial charge in [0.15, 0.2) is 0 Å². The molecule has 22 heavy (non-hydrogen) atoms. The van der Waals surface area contributed by atoms with Gasteiger partial charge < -0.3 is 4.57 Å². The van der Waals surface area contributed by atoms with Gasteiger partial charge in [-0.2, -0.15) is 0 Å². The van der Waals surface area contributed by atoms with Gasteiger partial charge in [-0.05, 0) is 30.3 Å². The van der Waals surface area contributed by atoms with Crippen molar-refractivity contribution in [1.82, 2.24) is 9.55 Å². The molecule has 0 radical (unpaired) electrons. The van der Waals surface area contributed by atoms with Crippen molar-refractivity contribution >= 4 is 44.1 Å². The standard InChI is InChI=1S/C17H11ClN2OS/c1-20-14-8-7-13-16(12(14)6-9-15(20)21)22-17(19-13)10-2-4-11(18)5-3-10/h2-9H,1H3. The summed E-state index contributed by atoms with van der Waals surface area (Å²) in [5.74, 6) is 0. The fourth-order valence-corrected chi connectivity index (χ4v) is 3.77. The number of hydrogen-bond donors (Lipinski definition) is 0. The second-order valence-electron chi connectivity index (χ2n) is 5.10. The number of nitrogens with zero attached hydrogens (tertiary/aromatic N) is 2. The molecule has 0 atom stereocenters. The van der Waals surface area contributed by atoms with Crippen LogP contribution >= 0.6 is 22.9 Å². The maximum Gasteiger partial charge on any atom is 0.250 e. The highest BCUT2D eigenvalue weighted by molar-refractivity contribution is 7.22. The van der Waals surface area contributed by atoms with Crippen molar-refractivity contribution in [3.63, 3.8) is 0 Å². The van der Waals surface area contributed by atoms with Crippen molar-refractivity contribution in [2.24, 2.45) is 7.05 Å². The van der Waals surface area contributed by atoms with Crippen LogP contribution in [0.25, 0.3) is 31.7 Å². The van der Waals surface area contributed by atoms with Gasteiger partial charge in [0.25, 0.3) is 5.56 Å². The molecule has 0 aliphatic heterocycles. The van der Waals surface area contributed by atoms with E-state index < -0.39 is 0 Å². The van der Waals surface area contributed by atoms with Crippen LogP contribution in [0.5, 0.6) is 0 Å². The Bertz CT molecular complexity index is 1060. The van der Waals surface area contributed by atoms with E-state index in [1.165, 1.54) is 0 Å². The fourth-order valence-electron chi connectivity index (χ4n) is 2.56. The maximum atomic E-state index is 11.8. The lowest BCUT2D eigenvalue weighted by molar-refractivity contribution is 0.907. The van der Waals surface area contributed by atoms with Gasteiger partial charge in [-0.25, -0.2) is 4.98 Å². The highest BCUT2D eigenvalue weighted by Crippen LogP contribution is 2.34. The number of halogens is 1. The Morgan fingerprint density at radius 3 is 2.59 bits per heavy atom. The zero-order chi connectivity index (χ0) is 15.3. The van der Waals surface area contributed by atoms with Gasteiger partial charge in [0, 0.05) is 29.1 Å². The highest BCUT2D eigenvalue weighted by atomic mass is 35.5. The summed E-state index contributed by atoms with van der Waals surface area (Å²) in [5, 5.41) is 2.72. The van der Waals surface area contributed by atoms with E-state index in [0.29, 0.717) is 5.02 Å². The average Bonchev–Trinajstić information content (AvgIpc) is 2.96. The molecule has 0 spiro atoms. The lowest BCUT2D eigenvalue weighted by Crippen LogP contribution is -2.14. The van der Waals surface area contributed by atoms with Crippen LogP contribution in [0.4, 0.5) is 0 Å². The average molecular weight is 327 g/mol. The summed E-state index contributed by atoms with van der Waals surface area (Å²) in [4.78, 5) is 16.5. The molecular formula is C17H11ClN2OS. The molecular weight excluding hydrogens is 316 g/mol. The molecule has 0 aliphatic rings. The topological polar surface area (TPSA) is 34.9 Å². The Morgan fingerprint density at radius 1 is 1.05 bits per heavy atom. The molecule has 5 heteroatoms. The van der Waals surface area contributed by atoms with Crippen LogP contribution in [0.3, 0.4) is 0 Å². The zero-order valence-corrected chi connectivity index (χ0v) is 13.3. The number of pyridine rings is 1. The van der Waals surface area contributed by atoms with Crippen LogP contribution in [0.1, 0.15) is 0 Å². The molecule has 0 unspecified atom stereocenters. The van der Waals surface area contributed by atoms with Gasteiger partial charge >= 0.3 is 0 Å². The van der Waals surface area contributed by atoms with Crippen LogP contribution in [0, 0.1) is 0 Å². The number of aromatic nitrogens is 2. The second-order valence-corrected chi connectivity index (χ2v) is 6.54. The summed E-state index contributed by atoms with van der Waals surface area (Å²) in [5.41, 5.74) is 2.91. The number of benzene rings is 2. The Kier molecular flexibility index (Phi) is 3.03. The largest absolute Gasteiger partial charge is 0.311 e. The summed E-state index contributed by atoms with van der Waals surface area (Å²) in [6.45, 7) is 0. The molecule has 0 bridgehead atoms. The lowest BCUT2D eigenvalue weighted by Gasteiger charge is -2.03. The Hall–Kier alpha value is -2.17. The summed E-state index contributed by atoms with van der Waals surface area (Å²) in [6, 6.07) is 15.1. The molecule has 0 N–H and O–H groups in total. The molecule has 108 valence electrons. The second kappa shape index (κ2) is 4.93. The number of thiazole rings is 1. The van der Waals surface area contributed by atoms with Crippen LogP contribution in [-0.2, 0) is 7.05 Å². The summed E-state index contributed by atoms with van der Waals surface area (Å²) < 4.78 is 2.76. The Balaban J connectivity index is 2.01. The minimum absolute atomic E-state index is 0.00529. The van der Waals surface area contributed by atoms with E-state index >= 15 is 0 Å². The van der Waals surface area contributed by atoms with E-state index in [0.717, 1.165) is 31.7 Å². The summed E-state index contributed by atoms with van der Waals surface area (Å²) >= 11 is 7.57. The van der Waals surface area contributed by atoms with Crippen molar-refractivity contribution in [2.75, 3.05) is 0 Å². The predicted molar refractivity (Wildman–Crippen MR) is 92.8 cm³/mol. The molecule has 0 amide bonds. The quantitative estimate of drug-likeness (QED) is 0.517. The number of aryl methyl sites for hydroxylation is 1. The molecule has 0 aliphatic carbocycles. The minimum Gasteiger partial charge on any atom is -0.311 e. The van der Waals surface area contributed by atoms with Crippen LogP contribution in [0.15, 0.2) is 53.3 Å². The smallest absolute Gasteiger partial charge is 0.250 e. The van der Waals surface area contributed by atoms with Crippen LogP contribution < -0.4 is 5.56 Å². The van der Waals surface area contributed by atoms with Crippen molar-refractivity contribution in [2.45, 2.75) is 0 Å². The first-order chi connectivity index (χ1) is 10.6. The van der Waals surface area contributed by atoms with E-state index in [-0.39, 0.29) is 5.56 Å². The fraction of sp³-hybridized carbons (Fsp3) is 0.0588. The highest BCUT2D eigenvalue weighted by Gasteiger charge is 2.10. The summed E-state index contributed by atoms with van der Waals surface area (Å²) in [6.07, 6.45) is 0. The van der Waals surface area contributed by atoms with E-state index in [1.807, 2.05) is 42.5 Å². The van der Waals surface area contributed by atoms with Crippen molar-refractivity contribution in [3.8, 4) is 10.6 Å². The van der Waals surface area contributed by atoms with Gasteiger partial charge in [-0.1, -0.05) is 23.7 Å². The molecule has 0 saturated carbocycles. The predicted octanol–water partition coefficient (Wildman–Crippen LogP) is 4.47. The van der Waals surface area contributed by atoms with E-state index in [2.05, 4.69) is 0 Å². The molecule has 2 heterocycles. The number of hydrogen-bond acceptors (Lipinski definition) is 3.